The van der Waals surface area contributed by atoms with Crippen molar-refractivity contribution in [2.24, 2.45) is 9.98 Å². The van der Waals surface area contributed by atoms with Gasteiger partial charge in [-0.1, -0.05) is 23.5 Å². The highest BCUT2D eigenvalue weighted by Crippen LogP contribution is 2.25. The molecular weight excluding hydrogens is 296 g/mol. The van der Waals surface area contributed by atoms with Crippen LogP contribution in [0.15, 0.2) is 22.1 Å². The van der Waals surface area contributed by atoms with Crippen LogP contribution in [0, 0.1) is 0 Å². The van der Waals surface area contributed by atoms with Crippen molar-refractivity contribution in [3.63, 3.8) is 0 Å². The highest BCUT2D eigenvalue weighted by molar-refractivity contribution is 8.13. The Hall–Kier alpha value is -0.660. The van der Waals surface area contributed by atoms with Crippen LogP contribution in [-0.4, -0.2) is 38.5 Å². The van der Waals surface area contributed by atoms with Crippen LogP contribution in [0.25, 0.3) is 0 Å². The van der Waals surface area contributed by atoms with Crippen molar-refractivity contribution in [2.45, 2.75) is 11.5 Å². The normalized spacial score (nSPS) is 12.6. The average molecular weight is 317 g/mol. The Morgan fingerprint density at radius 1 is 1.00 bits per heavy atom. The van der Waals surface area contributed by atoms with Gasteiger partial charge in [-0.05, 0) is 12.1 Å². The number of nitrogens with one attached hydrogen (secondary N) is 2. The van der Waals surface area contributed by atoms with Gasteiger partial charge >= 0.3 is 0 Å². The van der Waals surface area contributed by atoms with E-state index in [1.165, 1.54) is 9.75 Å². The Bertz CT molecular complexity index is 401. The van der Waals surface area contributed by atoms with Gasteiger partial charge in [-0.25, -0.2) is 0 Å². The zero-order valence-electron chi connectivity index (χ0n) is 11.7. The molecule has 1 rings (SSSR count). The minimum absolute atomic E-state index is 0.962. The topological polar surface area (TPSA) is 48.8 Å². The van der Waals surface area contributed by atoms with E-state index in [2.05, 4.69) is 32.8 Å². The molecule has 1 aromatic heterocycles. The van der Waals surface area contributed by atoms with E-state index in [9.17, 15) is 0 Å². The fraction of sp³-hybridized carbons (Fsp3) is 0.500. The van der Waals surface area contributed by atoms with Crippen LogP contribution in [0.3, 0.4) is 0 Å². The number of nitrogens with zero attached hydrogens (tertiary/aromatic N) is 2. The molecule has 0 aromatic carbocycles. The van der Waals surface area contributed by atoms with Crippen LogP contribution in [0.4, 0.5) is 0 Å². The molecule has 4 nitrogen and oxygen atoms in total. The molecular formula is C12H20N4S3. The molecule has 1 heterocycles. The summed E-state index contributed by atoms with van der Waals surface area (Å²) in [5.41, 5.74) is 0. The fourth-order valence-corrected chi connectivity index (χ4v) is 4.08. The summed E-state index contributed by atoms with van der Waals surface area (Å²) in [6.07, 6.45) is 0. The molecule has 0 radical (unpaired) electrons. The van der Waals surface area contributed by atoms with Gasteiger partial charge in [-0.2, -0.15) is 0 Å². The highest BCUT2D eigenvalue weighted by atomic mass is 32.2. The quantitative estimate of drug-likeness (QED) is 0.662. The molecule has 0 amide bonds. The first kappa shape index (κ1) is 16.4. The van der Waals surface area contributed by atoms with Crippen molar-refractivity contribution in [1.29, 1.82) is 0 Å². The Morgan fingerprint density at radius 3 is 1.74 bits per heavy atom. The van der Waals surface area contributed by atoms with E-state index < -0.39 is 0 Å². The number of thiophene rings is 1. The average Bonchev–Trinajstić information content (AvgIpc) is 2.89. The smallest absolute Gasteiger partial charge is 0.156 e. The summed E-state index contributed by atoms with van der Waals surface area (Å²) in [5, 5.41) is 8.09. The predicted octanol–water partition coefficient (Wildman–Crippen LogP) is 2.62. The van der Waals surface area contributed by atoms with Crippen LogP contribution in [0.1, 0.15) is 9.75 Å². The van der Waals surface area contributed by atoms with Crippen molar-refractivity contribution in [1.82, 2.24) is 10.6 Å². The molecule has 2 N–H and O–H groups in total. The second-order valence-corrected chi connectivity index (χ2v) is 6.68. The first-order valence-electron chi connectivity index (χ1n) is 5.85. The van der Waals surface area contributed by atoms with Crippen molar-refractivity contribution in [2.75, 3.05) is 28.2 Å². The Labute approximate surface area is 127 Å². The summed E-state index contributed by atoms with van der Waals surface area (Å²) in [4.78, 5) is 11.1. The summed E-state index contributed by atoms with van der Waals surface area (Å²) >= 11 is 5.31. The van der Waals surface area contributed by atoms with E-state index in [0.29, 0.717) is 0 Å². The van der Waals surface area contributed by atoms with Gasteiger partial charge in [0.2, 0.25) is 0 Å². The number of hydrogen-bond acceptors (Lipinski definition) is 5. The number of amidine groups is 2. The first-order chi connectivity index (χ1) is 9.23. The predicted molar refractivity (Wildman–Crippen MR) is 91.7 cm³/mol. The molecule has 19 heavy (non-hydrogen) atoms. The van der Waals surface area contributed by atoms with E-state index >= 15 is 0 Å². The van der Waals surface area contributed by atoms with Crippen LogP contribution in [-0.2, 0) is 11.5 Å². The van der Waals surface area contributed by atoms with Gasteiger partial charge in [0, 0.05) is 49.5 Å². The number of thioether (sulfide) groups is 2. The number of aliphatic imine (C=N–C) groups is 2. The van der Waals surface area contributed by atoms with E-state index in [1.807, 2.05) is 25.4 Å². The lowest BCUT2D eigenvalue weighted by molar-refractivity contribution is 1.18. The van der Waals surface area contributed by atoms with Crippen LogP contribution < -0.4 is 10.6 Å². The van der Waals surface area contributed by atoms with Gasteiger partial charge in [0.1, 0.15) is 0 Å². The van der Waals surface area contributed by atoms with Crippen molar-refractivity contribution in [3.05, 3.63) is 21.9 Å². The van der Waals surface area contributed by atoms with Crippen molar-refractivity contribution >= 4 is 45.2 Å². The molecule has 0 saturated heterocycles. The van der Waals surface area contributed by atoms with Gasteiger partial charge in [0.05, 0.1) is 0 Å². The second-order valence-electron chi connectivity index (χ2n) is 3.50. The summed E-state index contributed by atoms with van der Waals surface area (Å²) in [6, 6.07) is 4.39. The van der Waals surface area contributed by atoms with Crippen molar-refractivity contribution < 1.29 is 0 Å². The molecule has 0 fully saturated rings. The lowest BCUT2D eigenvalue weighted by atomic mass is 10.5. The molecule has 0 aliphatic rings. The fourth-order valence-electron chi connectivity index (χ4n) is 1.35. The third kappa shape index (κ3) is 5.88. The summed E-state index contributed by atoms with van der Waals surface area (Å²) in [5.74, 6) is 1.92. The molecule has 0 aliphatic heterocycles. The Kier molecular flexibility index (Phi) is 8.00. The number of rotatable bonds is 4. The summed E-state index contributed by atoms with van der Waals surface area (Å²) in [7, 11) is 7.40. The molecule has 0 bridgehead atoms. The minimum Gasteiger partial charge on any atom is -0.368 e. The maximum Gasteiger partial charge on any atom is 0.156 e. The van der Waals surface area contributed by atoms with E-state index in [4.69, 9.17) is 0 Å². The monoisotopic (exact) mass is 316 g/mol. The lowest BCUT2D eigenvalue weighted by Gasteiger charge is -2.03. The van der Waals surface area contributed by atoms with Crippen molar-refractivity contribution in [3.8, 4) is 0 Å². The van der Waals surface area contributed by atoms with E-state index in [1.54, 1.807) is 37.6 Å². The van der Waals surface area contributed by atoms with Gasteiger partial charge in [-0.3, -0.25) is 9.98 Å². The van der Waals surface area contributed by atoms with Gasteiger partial charge < -0.3 is 10.6 Å². The molecule has 0 spiro atoms. The number of hydrogen-bond donors (Lipinski definition) is 2. The standard InChI is InChI=1S/C12H20N4S3/c1-13-11(14-2)17-7-9-5-6-10(19-9)8-18-12(15-3)16-4/h5-6H,7-8H2,1-4H3,(H,13,14)(H,15,16). The summed E-state index contributed by atoms with van der Waals surface area (Å²) < 4.78 is 0. The SMILES string of the molecule is CN=C(NC)SCc1ccc(CSC(=NC)NC)s1. The molecule has 7 heteroatoms. The van der Waals surface area contributed by atoms with Gasteiger partial charge in [0.25, 0.3) is 0 Å². The lowest BCUT2D eigenvalue weighted by Crippen LogP contribution is -2.13. The first-order valence-corrected chi connectivity index (χ1v) is 8.64. The zero-order chi connectivity index (χ0) is 14.1. The molecule has 106 valence electrons. The molecule has 0 saturated carbocycles. The van der Waals surface area contributed by atoms with Crippen LogP contribution >= 0.6 is 34.9 Å². The zero-order valence-corrected chi connectivity index (χ0v) is 14.1. The van der Waals surface area contributed by atoms with E-state index in [-0.39, 0.29) is 0 Å². The summed E-state index contributed by atoms with van der Waals surface area (Å²) in [6.45, 7) is 0. The second kappa shape index (κ2) is 9.28. The van der Waals surface area contributed by atoms with E-state index in [0.717, 1.165) is 21.8 Å². The molecule has 0 unspecified atom stereocenters. The van der Waals surface area contributed by atoms with Gasteiger partial charge in [-0.15, -0.1) is 11.3 Å². The van der Waals surface area contributed by atoms with Gasteiger partial charge in [0.15, 0.2) is 10.3 Å². The molecule has 1 aromatic rings. The molecule has 0 atom stereocenters. The maximum absolute atomic E-state index is 4.16. The minimum atomic E-state index is 0.962. The third-order valence-electron chi connectivity index (χ3n) is 2.25. The van der Waals surface area contributed by atoms with Crippen LogP contribution in [0.2, 0.25) is 0 Å². The largest absolute Gasteiger partial charge is 0.368 e. The Balaban J connectivity index is 2.44. The third-order valence-corrected chi connectivity index (χ3v) is 5.94. The Morgan fingerprint density at radius 2 is 1.42 bits per heavy atom. The van der Waals surface area contributed by atoms with Crippen LogP contribution in [0.5, 0.6) is 0 Å². The highest BCUT2D eigenvalue weighted by Gasteiger charge is 2.04. The molecule has 0 aliphatic carbocycles. The maximum atomic E-state index is 4.16.